The number of rotatable bonds is 4. The van der Waals surface area contributed by atoms with Gasteiger partial charge in [-0.3, -0.25) is 9.78 Å². The van der Waals surface area contributed by atoms with Crippen molar-refractivity contribution in [3.63, 3.8) is 0 Å². The third-order valence-corrected chi connectivity index (χ3v) is 2.92. The van der Waals surface area contributed by atoms with Gasteiger partial charge in [0.2, 0.25) is 0 Å². The predicted octanol–water partition coefficient (Wildman–Crippen LogP) is 3.50. The van der Waals surface area contributed by atoms with Crippen molar-refractivity contribution >= 4 is 29.9 Å². The van der Waals surface area contributed by atoms with E-state index in [0.717, 1.165) is 5.56 Å². The number of halogens is 2. The van der Waals surface area contributed by atoms with E-state index in [1.165, 1.54) is 0 Å². The highest BCUT2D eigenvalue weighted by atomic mass is 35.5. The minimum Gasteiger partial charge on any atom is -0.334 e. The molecule has 18 heavy (non-hydrogen) atoms. The van der Waals surface area contributed by atoms with Crippen molar-refractivity contribution in [3.05, 3.63) is 29.6 Å². The van der Waals surface area contributed by atoms with E-state index in [2.05, 4.69) is 4.98 Å². The summed E-state index contributed by atoms with van der Waals surface area (Å²) in [4.78, 5) is 18.3. The second-order valence-corrected chi connectivity index (χ2v) is 4.83. The number of nitrogens with zero attached hydrogens (tertiary/aromatic N) is 2. The summed E-state index contributed by atoms with van der Waals surface area (Å²) < 4.78 is 0. The molecule has 0 aromatic carbocycles. The maximum Gasteiger partial charge on any atom is 0.256 e. The highest BCUT2D eigenvalue weighted by molar-refractivity contribution is 6.17. The highest BCUT2D eigenvalue weighted by Gasteiger charge is 2.23. The lowest BCUT2D eigenvalue weighted by Crippen LogP contribution is -2.42. The summed E-state index contributed by atoms with van der Waals surface area (Å²) in [7, 11) is 0. The third kappa shape index (κ3) is 3.85. The van der Waals surface area contributed by atoms with E-state index in [4.69, 9.17) is 11.6 Å². The molecule has 0 saturated heterocycles. The molecule has 0 unspecified atom stereocenters. The van der Waals surface area contributed by atoms with Gasteiger partial charge >= 0.3 is 0 Å². The molecule has 1 heterocycles. The molecule has 0 aliphatic rings. The summed E-state index contributed by atoms with van der Waals surface area (Å²) in [6.07, 6.45) is 3.25. The van der Waals surface area contributed by atoms with Crippen LogP contribution in [0.1, 0.15) is 43.6 Å². The zero-order chi connectivity index (χ0) is 13.0. The Labute approximate surface area is 120 Å². The van der Waals surface area contributed by atoms with Crippen LogP contribution in [-0.4, -0.2) is 27.9 Å². The fraction of sp³-hybridized carbons (Fsp3) is 0.538. The van der Waals surface area contributed by atoms with Gasteiger partial charge in [0, 0.05) is 30.4 Å². The van der Waals surface area contributed by atoms with Crippen molar-refractivity contribution in [1.82, 2.24) is 9.88 Å². The van der Waals surface area contributed by atoms with Gasteiger partial charge in [-0.05, 0) is 39.3 Å². The number of carbonyl (C=O) groups excluding carboxylic acids is 1. The molecule has 0 saturated carbocycles. The molecule has 1 amide bonds. The molecule has 1 rings (SSSR count). The fourth-order valence-corrected chi connectivity index (χ4v) is 2.17. The molecule has 0 radical (unpaired) electrons. The van der Waals surface area contributed by atoms with Gasteiger partial charge in [0.25, 0.3) is 5.91 Å². The largest absolute Gasteiger partial charge is 0.334 e. The molecule has 1 aromatic rings. The molecular formula is C13H20Cl2N2O. The quantitative estimate of drug-likeness (QED) is 0.795. The van der Waals surface area contributed by atoms with Crippen molar-refractivity contribution in [2.75, 3.05) is 0 Å². The third-order valence-electron chi connectivity index (χ3n) is 2.63. The topological polar surface area (TPSA) is 33.2 Å². The molecule has 5 heteroatoms. The number of pyridine rings is 1. The van der Waals surface area contributed by atoms with E-state index in [9.17, 15) is 4.79 Å². The minimum absolute atomic E-state index is 0. The van der Waals surface area contributed by atoms with Gasteiger partial charge in [-0.2, -0.15) is 0 Å². The lowest BCUT2D eigenvalue weighted by molar-refractivity contribution is 0.0642. The lowest BCUT2D eigenvalue weighted by Gasteiger charge is -2.31. The molecule has 1 aromatic heterocycles. The Bertz CT molecular complexity index is 386. The average Bonchev–Trinajstić information content (AvgIpc) is 2.27. The zero-order valence-electron chi connectivity index (χ0n) is 11.2. The maximum absolute atomic E-state index is 12.4. The van der Waals surface area contributed by atoms with E-state index < -0.39 is 0 Å². The first-order valence-electron chi connectivity index (χ1n) is 5.80. The van der Waals surface area contributed by atoms with E-state index >= 15 is 0 Å². The van der Waals surface area contributed by atoms with Crippen LogP contribution in [0.4, 0.5) is 0 Å². The molecule has 0 N–H and O–H groups in total. The average molecular weight is 291 g/mol. The first kappa shape index (κ1) is 17.2. The Morgan fingerprint density at radius 2 is 1.89 bits per heavy atom. The molecule has 0 atom stereocenters. The Balaban J connectivity index is 0.00000289. The normalized spacial score (nSPS) is 10.4. The van der Waals surface area contributed by atoms with Crippen molar-refractivity contribution in [2.24, 2.45) is 0 Å². The zero-order valence-corrected chi connectivity index (χ0v) is 12.8. The van der Waals surface area contributed by atoms with Crippen molar-refractivity contribution in [3.8, 4) is 0 Å². The molecular weight excluding hydrogens is 271 g/mol. The van der Waals surface area contributed by atoms with Crippen LogP contribution in [-0.2, 0) is 5.88 Å². The Morgan fingerprint density at radius 1 is 1.33 bits per heavy atom. The number of hydrogen-bond donors (Lipinski definition) is 0. The van der Waals surface area contributed by atoms with Gasteiger partial charge in [0.1, 0.15) is 0 Å². The van der Waals surface area contributed by atoms with Crippen LogP contribution in [0, 0.1) is 0 Å². The van der Waals surface area contributed by atoms with Gasteiger partial charge in [-0.25, -0.2) is 0 Å². The van der Waals surface area contributed by atoms with Crippen LogP contribution in [0.3, 0.4) is 0 Å². The molecule has 102 valence electrons. The van der Waals surface area contributed by atoms with Crippen molar-refractivity contribution in [1.29, 1.82) is 0 Å². The van der Waals surface area contributed by atoms with Crippen molar-refractivity contribution < 1.29 is 4.79 Å². The number of aromatic nitrogens is 1. The van der Waals surface area contributed by atoms with Crippen LogP contribution in [0.15, 0.2) is 18.5 Å². The lowest BCUT2D eigenvalue weighted by atomic mass is 10.1. The van der Waals surface area contributed by atoms with Gasteiger partial charge in [-0.1, -0.05) is 0 Å². The second kappa shape index (κ2) is 7.59. The van der Waals surface area contributed by atoms with Crippen LogP contribution in [0.5, 0.6) is 0 Å². The Hall–Kier alpha value is -0.800. The number of amides is 1. The van der Waals surface area contributed by atoms with Gasteiger partial charge < -0.3 is 4.90 Å². The van der Waals surface area contributed by atoms with Crippen LogP contribution < -0.4 is 0 Å². The van der Waals surface area contributed by atoms with Crippen LogP contribution in [0.2, 0.25) is 0 Å². The van der Waals surface area contributed by atoms with Gasteiger partial charge in [-0.15, -0.1) is 24.0 Å². The Morgan fingerprint density at radius 3 is 2.33 bits per heavy atom. The number of alkyl halides is 1. The van der Waals surface area contributed by atoms with Crippen LogP contribution in [0.25, 0.3) is 0 Å². The molecule has 3 nitrogen and oxygen atoms in total. The summed E-state index contributed by atoms with van der Waals surface area (Å²) in [5.41, 5.74) is 1.43. The number of hydrogen-bond acceptors (Lipinski definition) is 2. The maximum atomic E-state index is 12.4. The standard InChI is InChI=1S/C13H19ClN2O.ClH/c1-9(2)16(10(3)4)13(17)12-8-15-6-5-11(12)7-14;/h5-6,8-10H,7H2,1-4H3;1H. The van der Waals surface area contributed by atoms with E-state index in [-0.39, 0.29) is 30.4 Å². The minimum atomic E-state index is -0.00116. The summed E-state index contributed by atoms with van der Waals surface area (Å²) in [5, 5.41) is 0. The first-order chi connectivity index (χ1) is 7.99. The molecule has 0 bridgehead atoms. The van der Waals surface area contributed by atoms with Crippen LogP contribution >= 0.6 is 24.0 Å². The first-order valence-corrected chi connectivity index (χ1v) is 6.34. The predicted molar refractivity (Wildman–Crippen MR) is 77.5 cm³/mol. The summed E-state index contributed by atoms with van der Waals surface area (Å²) in [6.45, 7) is 8.03. The Kier molecular flexibility index (Phi) is 7.26. The summed E-state index contributed by atoms with van der Waals surface area (Å²) >= 11 is 5.84. The summed E-state index contributed by atoms with van der Waals surface area (Å²) in [5.74, 6) is 0.326. The second-order valence-electron chi connectivity index (χ2n) is 4.57. The molecule has 0 aliphatic heterocycles. The molecule has 0 spiro atoms. The monoisotopic (exact) mass is 290 g/mol. The van der Waals surface area contributed by atoms with E-state index in [1.807, 2.05) is 32.6 Å². The SMILES string of the molecule is CC(C)N(C(=O)c1cnccc1CCl)C(C)C.Cl. The fourth-order valence-electron chi connectivity index (χ4n) is 1.94. The van der Waals surface area contributed by atoms with Crippen molar-refractivity contribution in [2.45, 2.75) is 45.7 Å². The smallest absolute Gasteiger partial charge is 0.256 e. The van der Waals surface area contributed by atoms with E-state index in [0.29, 0.717) is 11.4 Å². The molecule has 0 aliphatic carbocycles. The van der Waals surface area contributed by atoms with Gasteiger partial charge in [0.15, 0.2) is 0 Å². The van der Waals surface area contributed by atoms with Gasteiger partial charge in [0.05, 0.1) is 5.56 Å². The summed E-state index contributed by atoms with van der Waals surface area (Å²) in [6, 6.07) is 2.11. The van der Waals surface area contributed by atoms with E-state index in [1.54, 1.807) is 18.5 Å². The number of carbonyl (C=O) groups is 1. The highest BCUT2D eigenvalue weighted by Crippen LogP contribution is 2.16. The molecule has 0 fully saturated rings.